The number of rotatable bonds is 2. The van der Waals surface area contributed by atoms with E-state index in [0.29, 0.717) is 11.0 Å². The van der Waals surface area contributed by atoms with Gasteiger partial charge in [-0.05, 0) is 0 Å². The summed E-state index contributed by atoms with van der Waals surface area (Å²) in [7, 11) is 0. The van der Waals surface area contributed by atoms with E-state index in [1.165, 1.54) is 0 Å². The number of piperazine rings is 1. The highest BCUT2D eigenvalue weighted by molar-refractivity contribution is 6.30. The molecular formula is C9H11ClN4O. The summed E-state index contributed by atoms with van der Waals surface area (Å²) in [5.74, 6) is 0.671. The molecule has 0 aromatic carbocycles. The van der Waals surface area contributed by atoms with Crippen LogP contribution in [0.4, 0.5) is 5.95 Å². The van der Waals surface area contributed by atoms with Gasteiger partial charge in [0.05, 0.1) is 17.4 Å². The van der Waals surface area contributed by atoms with E-state index in [4.69, 9.17) is 11.6 Å². The Morgan fingerprint density at radius 2 is 1.80 bits per heavy atom. The Balaban J connectivity index is 2.01. The molecule has 0 unspecified atom stereocenters. The summed E-state index contributed by atoms with van der Waals surface area (Å²) in [6.07, 6.45) is 4.03. The molecule has 5 nitrogen and oxygen atoms in total. The van der Waals surface area contributed by atoms with E-state index in [1.54, 1.807) is 17.3 Å². The van der Waals surface area contributed by atoms with Gasteiger partial charge < -0.3 is 9.80 Å². The minimum absolute atomic E-state index is 0.533. The second kappa shape index (κ2) is 4.44. The van der Waals surface area contributed by atoms with E-state index in [2.05, 4.69) is 9.97 Å². The van der Waals surface area contributed by atoms with Crippen molar-refractivity contribution in [3.05, 3.63) is 17.4 Å². The molecule has 1 aliphatic heterocycles. The average molecular weight is 227 g/mol. The fourth-order valence-electron chi connectivity index (χ4n) is 1.50. The lowest BCUT2D eigenvalue weighted by atomic mass is 10.3. The Morgan fingerprint density at radius 3 is 2.33 bits per heavy atom. The number of carbonyl (C=O) groups is 1. The molecule has 1 aliphatic rings. The summed E-state index contributed by atoms with van der Waals surface area (Å²) in [6, 6.07) is 0. The molecule has 80 valence electrons. The van der Waals surface area contributed by atoms with Crippen molar-refractivity contribution in [1.82, 2.24) is 14.9 Å². The Bertz CT molecular complexity index is 334. The van der Waals surface area contributed by atoms with Gasteiger partial charge in [-0.2, -0.15) is 0 Å². The van der Waals surface area contributed by atoms with Crippen LogP contribution in [0, 0.1) is 0 Å². The molecule has 0 spiro atoms. The zero-order chi connectivity index (χ0) is 10.7. The third kappa shape index (κ3) is 2.36. The Hall–Kier alpha value is -1.36. The second-order valence-electron chi connectivity index (χ2n) is 3.33. The second-order valence-corrected chi connectivity index (χ2v) is 3.77. The summed E-state index contributed by atoms with van der Waals surface area (Å²) >= 11 is 5.70. The van der Waals surface area contributed by atoms with Gasteiger partial charge in [-0.1, -0.05) is 11.6 Å². The highest BCUT2D eigenvalue weighted by Gasteiger charge is 2.17. The lowest BCUT2D eigenvalue weighted by molar-refractivity contribution is -0.118. The molecule has 0 atom stereocenters. The van der Waals surface area contributed by atoms with Crippen molar-refractivity contribution in [1.29, 1.82) is 0 Å². The van der Waals surface area contributed by atoms with E-state index >= 15 is 0 Å². The molecule has 0 aliphatic carbocycles. The van der Waals surface area contributed by atoms with Crippen molar-refractivity contribution >= 4 is 24.0 Å². The topological polar surface area (TPSA) is 49.3 Å². The van der Waals surface area contributed by atoms with Crippen LogP contribution in [0.1, 0.15) is 0 Å². The monoisotopic (exact) mass is 226 g/mol. The average Bonchev–Trinajstić information content (AvgIpc) is 2.30. The third-order valence-electron chi connectivity index (χ3n) is 2.35. The van der Waals surface area contributed by atoms with Crippen LogP contribution in [0.15, 0.2) is 12.4 Å². The Labute approximate surface area is 92.7 Å². The molecule has 15 heavy (non-hydrogen) atoms. The summed E-state index contributed by atoms with van der Waals surface area (Å²) in [4.78, 5) is 22.5. The molecule has 1 fully saturated rings. The van der Waals surface area contributed by atoms with Crippen LogP contribution in [0.5, 0.6) is 0 Å². The molecule has 0 bridgehead atoms. The highest BCUT2D eigenvalue weighted by Crippen LogP contribution is 2.11. The van der Waals surface area contributed by atoms with Gasteiger partial charge in [0.1, 0.15) is 0 Å². The van der Waals surface area contributed by atoms with Crippen LogP contribution in [0.25, 0.3) is 0 Å². The first-order valence-electron chi connectivity index (χ1n) is 4.71. The first-order valence-corrected chi connectivity index (χ1v) is 5.09. The molecular weight excluding hydrogens is 216 g/mol. The molecule has 0 saturated carbocycles. The van der Waals surface area contributed by atoms with E-state index in [9.17, 15) is 4.79 Å². The number of carbonyl (C=O) groups excluding carboxylic acids is 1. The fourth-order valence-corrected chi connectivity index (χ4v) is 1.59. The van der Waals surface area contributed by atoms with Crippen LogP contribution >= 0.6 is 11.6 Å². The molecule has 0 N–H and O–H groups in total. The van der Waals surface area contributed by atoms with Gasteiger partial charge in [0.25, 0.3) is 0 Å². The largest absolute Gasteiger partial charge is 0.342 e. The SMILES string of the molecule is O=CN1CCN(c2ncc(Cl)cn2)CC1. The summed E-state index contributed by atoms with van der Waals surface area (Å²) in [5, 5.41) is 0.533. The first kappa shape index (κ1) is 10.2. The summed E-state index contributed by atoms with van der Waals surface area (Å²) in [5.41, 5.74) is 0. The van der Waals surface area contributed by atoms with Crippen LogP contribution in [0.3, 0.4) is 0 Å². The third-order valence-corrected chi connectivity index (χ3v) is 2.55. The van der Waals surface area contributed by atoms with Gasteiger partial charge in [-0.15, -0.1) is 0 Å². The molecule has 1 aromatic rings. The smallest absolute Gasteiger partial charge is 0.225 e. The maximum Gasteiger partial charge on any atom is 0.225 e. The van der Waals surface area contributed by atoms with E-state index in [0.717, 1.165) is 32.6 Å². The number of aromatic nitrogens is 2. The van der Waals surface area contributed by atoms with Gasteiger partial charge in [-0.3, -0.25) is 4.79 Å². The number of halogens is 1. The fraction of sp³-hybridized carbons (Fsp3) is 0.444. The predicted molar refractivity (Wildman–Crippen MR) is 56.9 cm³/mol. The molecule has 6 heteroatoms. The predicted octanol–water partition coefficient (Wildman–Crippen LogP) is 0.408. The summed E-state index contributed by atoms with van der Waals surface area (Å²) in [6.45, 7) is 2.96. The van der Waals surface area contributed by atoms with E-state index < -0.39 is 0 Å². The molecule has 2 rings (SSSR count). The van der Waals surface area contributed by atoms with E-state index in [1.807, 2.05) is 4.90 Å². The number of hydrogen-bond acceptors (Lipinski definition) is 4. The van der Waals surface area contributed by atoms with Gasteiger partial charge in [-0.25, -0.2) is 9.97 Å². The lowest BCUT2D eigenvalue weighted by Gasteiger charge is -2.32. The Morgan fingerprint density at radius 1 is 1.20 bits per heavy atom. The van der Waals surface area contributed by atoms with Crippen LogP contribution in [-0.4, -0.2) is 47.5 Å². The molecule has 0 radical (unpaired) electrons. The standard InChI is InChI=1S/C9H11ClN4O/c10-8-5-11-9(12-6-8)14-3-1-13(7-15)2-4-14/h5-7H,1-4H2. The van der Waals surface area contributed by atoms with Crippen LogP contribution in [-0.2, 0) is 4.79 Å². The van der Waals surface area contributed by atoms with E-state index in [-0.39, 0.29) is 0 Å². The molecule has 1 saturated heterocycles. The van der Waals surface area contributed by atoms with Crippen molar-refractivity contribution in [2.75, 3.05) is 31.1 Å². The maximum atomic E-state index is 10.5. The van der Waals surface area contributed by atoms with Crippen molar-refractivity contribution < 1.29 is 4.79 Å². The van der Waals surface area contributed by atoms with Crippen LogP contribution in [0.2, 0.25) is 5.02 Å². The Kier molecular flexibility index (Phi) is 3.01. The van der Waals surface area contributed by atoms with Crippen LogP contribution < -0.4 is 4.90 Å². The molecule has 2 heterocycles. The maximum absolute atomic E-state index is 10.5. The highest BCUT2D eigenvalue weighted by atomic mass is 35.5. The van der Waals surface area contributed by atoms with Gasteiger partial charge >= 0.3 is 0 Å². The number of nitrogens with zero attached hydrogens (tertiary/aromatic N) is 4. The van der Waals surface area contributed by atoms with Gasteiger partial charge in [0.2, 0.25) is 12.4 Å². The zero-order valence-electron chi connectivity index (χ0n) is 8.14. The lowest BCUT2D eigenvalue weighted by Crippen LogP contribution is -2.46. The van der Waals surface area contributed by atoms with Crippen molar-refractivity contribution in [2.45, 2.75) is 0 Å². The van der Waals surface area contributed by atoms with Crippen molar-refractivity contribution in [2.24, 2.45) is 0 Å². The first-order chi connectivity index (χ1) is 7.29. The molecule has 1 amide bonds. The van der Waals surface area contributed by atoms with Crippen molar-refractivity contribution in [3.8, 4) is 0 Å². The van der Waals surface area contributed by atoms with Crippen molar-refractivity contribution in [3.63, 3.8) is 0 Å². The normalized spacial score (nSPS) is 16.6. The van der Waals surface area contributed by atoms with Gasteiger partial charge in [0.15, 0.2) is 0 Å². The number of hydrogen-bond donors (Lipinski definition) is 0. The van der Waals surface area contributed by atoms with Gasteiger partial charge in [0, 0.05) is 26.2 Å². The number of anilines is 1. The minimum atomic E-state index is 0.533. The minimum Gasteiger partial charge on any atom is -0.342 e. The quantitative estimate of drug-likeness (QED) is 0.686. The molecule has 1 aromatic heterocycles. The summed E-state index contributed by atoms with van der Waals surface area (Å²) < 4.78 is 0. The number of amides is 1. The zero-order valence-corrected chi connectivity index (χ0v) is 8.89.